The number of nitrogens with zero attached hydrogens (tertiary/aromatic N) is 1. The predicted molar refractivity (Wildman–Crippen MR) is 92.3 cm³/mol. The van der Waals surface area contributed by atoms with Gasteiger partial charge in [-0.15, -0.1) is 0 Å². The van der Waals surface area contributed by atoms with Crippen molar-refractivity contribution >= 4 is 22.6 Å². The number of benzene rings is 2. The van der Waals surface area contributed by atoms with Crippen LogP contribution in [0.15, 0.2) is 60.9 Å². The number of hydrogen-bond acceptors (Lipinski definition) is 1. The Bertz CT molecular complexity index is 926. The third kappa shape index (κ3) is 2.46. The first-order valence-electron chi connectivity index (χ1n) is 7.93. The van der Waals surface area contributed by atoms with E-state index < -0.39 is 0 Å². The molecule has 1 aliphatic carbocycles. The molecule has 2 heteroatoms. The molecule has 0 saturated carbocycles. The molecule has 0 unspecified atom stereocenters. The number of carbonyl (C=O) groups excluding carboxylic acids is 1. The highest BCUT2D eigenvalue weighted by Crippen LogP contribution is 2.33. The van der Waals surface area contributed by atoms with Gasteiger partial charge in [0.1, 0.15) is 7.05 Å². The Morgan fingerprint density at radius 1 is 1.00 bits per heavy atom. The topological polar surface area (TPSA) is 20.9 Å². The molecule has 2 nitrogen and oxygen atoms in total. The van der Waals surface area contributed by atoms with E-state index in [1.165, 1.54) is 16.5 Å². The first-order valence-corrected chi connectivity index (χ1v) is 7.93. The van der Waals surface area contributed by atoms with Crippen molar-refractivity contribution in [1.82, 2.24) is 0 Å². The fourth-order valence-electron chi connectivity index (χ4n) is 3.35. The molecule has 1 aliphatic rings. The Balaban J connectivity index is 1.72. The van der Waals surface area contributed by atoms with Crippen molar-refractivity contribution in [3.63, 3.8) is 0 Å². The van der Waals surface area contributed by atoms with E-state index in [1.54, 1.807) is 6.08 Å². The van der Waals surface area contributed by atoms with Crippen molar-refractivity contribution in [2.24, 2.45) is 7.05 Å². The number of aromatic nitrogens is 1. The molecule has 0 saturated heterocycles. The number of aryl methyl sites for hydroxylation is 3. The molecule has 2 aromatic carbocycles. The molecular formula is C21H18NO+. The maximum atomic E-state index is 12.6. The lowest BCUT2D eigenvalue weighted by molar-refractivity contribution is -0.671. The number of hydrogen-bond donors (Lipinski definition) is 0. The molecule has 112 valence electrons. The van der Waals surface area contributed by atoms with Crippen molar-refractivity contribution in [2.75, 3.05) is 0 Å². The van der Waals surface area contributed by atoms with Gasteiger partial charge in [0.25, 0.3) is 0 Å². The maximum Gasteiger partial charge on any atom is 0.186 e. The van der Waals surface area contributed by atoms with Crippen LogP contribution in [0, 0.1) is 0 Å². The lowest BCUT2D eigenvalue weighted by Crippen LogP contribution is -2.25. The summed E-state index contributed by atoms with van der Waals surface area (Å²) in [7, 11) is 1.98. The van der Waals surface area contributed by atoms with E-state index in [4.69, 9.17) is 0 Å². The quantitative estimate of drug-likeness (QED) is 0.411. The summed E-state index contributed by atoms with van der Waals surface area (Å²) in [4.78, 5) is 12.6. The van der Waals surface area contributed by atoms with Crippen LogP contribution in [-0.4, -0.2) is 5.78 Å². The van der Waals surface area contributed by atoms with Crippen LogP contribution in [0.4, 0.5) is 0 Å². The Labute approximate surface area is 135 Å². The zero-order valence-corrected chi connectivity index (χ0v) is 13.1. The normalized spacial score (nSPS) is 13.1. The number of allylic oxidation sites excluding steroid dienone is 1. The minimum atomic E-state index is 0.0637. The van der Waals surface area contributed by atoms with Crippen molar-refractivity contribution in [3.8, 4) is 0 Å². The second-order valence-corrected chi connectivity index (χ2v) is 6.11. The van der Waals surface area contributed by atoms with E-state index in [1.807, 2.05) is 48.3 Å². The molecule has 4 rings (SSSR count). The van der Waals surface area contributed by atoms with Gasteiger partial charge in [-0.1, -0.05) is 36.4 Å². The lowest BCUT2D eigenvalue weighted by atomic mass is 9.97. The number of carbonyl (C=O) groups is 1. The lowest BCUT2D eigenvalue weighted by Gasteiger charge is -2.06. The summed E-state index contributed by atoms with van der Waals surface area (Å²) >= 11 is 0. The van der Waals surface area contributed by atoms with E-state index in [2.05, 4.69) is 24.3 Å². The molecule has 3 aromatic rings. The summed E-state index contributed by atoms with van der Waals surface area (Å²) in [5.74, 6) is 0.0637. The molecule has 1 heterocycles. The molecule has 0 atom stereocenters. The number of rotatable bonds is 3. The van der Waals surface area contributed by atoms with Crippen LogP contribution in [0.3, 0.4) is 0 Å². The summed E-state index contributed by atoms with van der Waals surface area (Å²) < 4.78 is 1.97. The maximum absolute atomic E-state index is 12.6. The van der Waals surface area contributed by atoms with Gasteiger partial charge in [0.2, 0.25) is 0 Å². The second-order valence-electron chi connectivity index (χ2n) is 6.11. The van der Waals surface area contributed by atoms with Gasteiger partial charge in [0.15, 0.2) is 18.2 Å². The second kappa shape index (κ2) is 5.47. The third-order valence-corrected chi connectivity index (χ3v) is 4.57. The van der Waals surface area contributed by atoms with Crippen LogP contribution in [0.2, 0.25) is 0 Å². The predicted octanol–water partition coefficient (Wildman–Crippen LogP) is 3.66. The number of ketones is 1. The molecule has 0 bridgehead atoms. The smallest absolute Gasteiger partial charge is 0.186 e. The summed E-state index contributed by atoms with van der Waals surface area (Å²) in [6.07, 6.45) is 9.68. The van der Waals surface area contributed by atoms with Gasteiger partial charge in [-0.25, -0.2) is 4.57 Å². The molecule has 0 N–H and O–H groups in total. The Morgan fingerprint density at radius 2 is 1.74 bits per heavy atom. The largest absolute Gasteiger partial charge is 0.289 e. The van der Waals surface area contributed by atoms with Gasteiger partial charge in [-0.05, 0) is 46.4 Å². The molecule has 0 aliphatic heterocycles. The van der Waals surface area contributed by atoms with Crippen molar-refractivity contribution in [3.05, 3.63) is 83.2 Å². The first kappa shape index (κ1) is 13.9. The Hall–Kier alpha value is -2.74. The minimum absolute atomic E-state index is 0.0637. The fourth-order valence-corrected chi connectivity index (χ4v) is 3.35. The molecular weight excluding hydrogens is 282 g/mol. The van der Waals surface area contributed by atoms with Crippen LogP contribution in [0.25, 0.3) is 16.8 Å². The van der Waals surface area contributed by atoms with Crippen LogP contribution in [0.1, 0.15) is 27.0 Å². The average Bonchev–Trinajstić information content (AvgIpc) is 3.00. The molecule has 0 spiro atoms. The van der Waals surface area contributed by atoms with E-state index in [-0.39, 0.29) is 5.78 Å². The van der Waals surface area contributed by atoms with E-state index in [0.717, 1.165) is 29.4 Å². The zero-order valence-electron chi connectivity index (χ0n) is 13.1. The number of pyridine rings is 1. The standard InChI is InChI=1S/C21H18NO/c1-22-13-11-15(12-14-22)5-10-20(23)18-9-8-17-7-6-16-3-2-4-19(18)21(16)17/h2-5,8-14H,6-7H2,1H3/q+1. The highest BCUT2D eigenvalue weighted by atomic mass is 16.1. The van der Waals surface area contributed by atoms with Crippen molar-refractivity contribution in [1.29, 1.82) is 0 Å². The summed E-state index contributed by atoms with van der Waals surface area (Å²) in [6.45, 7) is 0. The molecule has 23 heavy (non-hydrogen) atoms. The van der Waals surface area contributed by atoms with E-state index in [9.17, 15) is 4.79 Å². The summed E-state index contributed by atoms with van der Waals surface area (Å²) in [5.41, 5.74) is 4.56. The molecule has 0 fully saturated rings. The van der Waals surface area contributed by atoms with Crippen LogP contribution in [-0.2, 0) is 19.9 Å². The average molecular weight is 300 g/mol. The molecule has 1 aromatic heterocycles. The zero-order chi connectivity index (χ0) is 15.8. The third-order valence-electron chi connectivity index (χ3n) is 4.57. The highest BCUT2D eigenvalue weighted by molar-refractivity contribution is 6.15. The monoisotopic (exact) mass is 300 g/mol. The molecule has 0 amide bonds. The van der Waals surface area contributed by atoms with E-state index >= 15 is 0 Å². The first-order chi connectivity index (χ1) is 11.2. The SMILES string of the molecule is C[n+]1ccc(C=CC(=O)c2ccc3c4c(cccc24)CC3)cc1. The summed E-state index contributed by atoms with van der Waals surface area (Å²) in [5, 5.41) is 2.38. The van der Waals surface area contributed by atoms with Gasteiger partial charge >= 0.3 is 0 Å². The summed E-state index contributed by atoms with van der Waals surface area (Å²) in [6, 6.07) is 14.4. The molecule has 0 radical (unpaired) electrons. The van der Waals surface area contributed by atoms with Gasteiger partial charge < -0.3 is 0 Å². The Kier molecular flexibility index (Phi) is 3.30. The highest BCUT2D eigenvalue weighted by Gasteiger charge is 2.17. The van der Waals surface area contributed by atoms with Gasteiger partial charge in [0.05, 0.1) is 0 Å². The Morgan fingerprint density at radius 3 is 2.52 bits per heavy atom. The van der Waals surface area contributed by atoms with Crippen LogP contribution < -0.4 is 4.57 Å². The van der Waals surface area contributed by atoms with Crippen LogP contribution in [0.5, 0.6) is 0 Å². The van der Waals surface area contributed by atoms with Crippen molar-refractivity contribution < 1.29 is 9.36 Å². The van der Waals surface area contributed by atoms with Gasteiger partial charge in [-0.3, -0.25) is 4.79 Å². The van der Waals surface area contributed by atoms with Gasteiger partial charge in [0, 0.05) is 17.7 Å². The van der Waals surface area contributed by atoms with Crippen LogP contribution >= 0.6 is 0 Å². The van der Waals surface area contributed by atoms with Gasteiger partial charge in [-0.2, -0.15) is 0 Å². The fraction of sp³-hybridized carbons (Fsp3) is 0.143. The van der Waals surface area contributed by atoms with E-state index in [0.29, 0.717) is 0 Å². The van der Waals surface area contributed by atoms with Crippen molar-refractivity contribution in [2.45, 2.75) is 12.8 Å². The minimum Gasteiger partial charge on any atom is -0.289 e.